The van der Waals surface area contributed by atoms with Gasteiger partial charge in [-0.1, -0.05) is 0 Å². The molecule has 0 radical (unpaired) electrons. The summed E-state index contributed by atoms with van der Waals surface area (Å²) < 4.78 is 45.5. The van der Waals surface area contributed by atoms with Crippen molar-refractivity contribution in [1.82, 2.24) is 10.2 Å². The second-order valence-electron chi connectivity index (χ2n) is 6.22. The Labute approximate surface area is 134 Å². The van der Waals surface area contributed by atoms with E-state index in [2.05, 4.69) is 10.3 Å². The molecule has 7 nitrogen and oxygen atoms in total. The van der Waals surface area contributed by atoms with Crippen LogP contribution in [0, 0.1) is 0 Å². The van der Waals surface area contributed by atoms with Gasteiger partial charge in [0.1, 0.15) is 9.84 Å². The molecule has 1 N–H and O–H groups in total. The molecule has 0 unspecified atom stereocenters. The van der Waals surface area contributed by atoms with Gasteiger partial charge in [0.25, 0.3) is 0 Å². The van der Waals surface area contributed by atoms with Gasteiger partial charge in [-0.25, -0.2) is 16.8 Å². The summed E-state index contributed by atoms with van der Waals surface area (Å²) in [7, 11) is -6.07. The number of aliphatic imine (C=N–C) groups is 1. The van der Waals surface area contributed by atoms with Crippen LogP contribution < -0.4 is 5.32 Å². The topological polar surface area (TPSA) is 95.9 Å². The maximum absolute atomic E-state index is 12.0. The summed E-state index contributed by atoms with van der Waals surface area (Å²) in [4.78, 5) is 6.36. The fraction of sp³-hybridized carbons (Fsp3) is 0.923. The molecule has 9 heteroatoms. The van der Waals surface area contributed by atoms with Crippen molar-refractivity contribution in [2.75, 3.05) is 43.9 Å². The van der Waals surface area contributed by atoms with E-state index in [1.54, 1.807) is 13.8 Å². The van der Waals surface area contributed by atoms with Crippen LogP contribution in [0.15, 0.2) is 4.99 Å². The Balaban J connectivity index is 2.75. The van der Waals surface area contributed by atoms with Crippen molar-refractivity contribution >= 4 is 25.6 Å². The lowest BCUT2D eigenvalue weighted by atomic mass is 10.2. The van der Waals surface area contributed by atoms with Gasteiger partial charge in [0.2, 0.25) is 0 Å². The van der Waals surface area contributed by atoms with E-state index in [1.165, 1.54) is 6.26 Å². The number of hydrogen-bond donors (Lipinski definition) is 1. The number of sulfone groups is 2. The highest BCUT2D eigenvalue weighted by molar-refractivity contribution is 7.92. The quantitative estimate of drug-likeness (QED) is 0.421. The molecule has 0 aromatic heterocycles. The van der Waals surface area contributed by atoms with Crippen molar-refractivity contribution in [3.05, 3.63) is 0 Å². The molecular weight excluding hydrogens is 326 g/mol. The van der Waals surface area contributed by atoms with E-state index >= 15 is 0 Å². The van der Waals surface area contributed by atoms with Crippen molar-refractivity contribution < 1.29 is 16.8 Å². The van der Waals surface area contributed by atoms with Crippen molar-refractivity contribution in [3.8, 4) is 0 Å². The second-order valence-corrected chi connectivity index (χ2v) is 11.2. The molecule has 22 heavy (non-hydrogen) atoms. The lowest BCUT2D eigenvalue weighted by Gasteiger charge is -2.39. The molecule has 1 aliphatic heterocycles. The molecule has 0 aromatic carbocycles. The third-order valence-corrected chi connectivity index (χ3v) is 7.18. The summed E-state index contributed by atoms with van der Waals surface area (Å²) in [5.74, 6) is 0.864. The molecule has 0 bridgehead atoms. The van der Waals surface area contributed by atoms with E-state index in [0.29, 0.717) is 38.6 Å². The van der Waals surface area contributed by atoms with Gasteiger partial charge < -0.3 is 10.2 Å². The molecule has 1 saturated heterocycles. The maximum Gasteiger partial charge on any atom is 0.193 e. The number of guanidine groups is 1. The van der Waals surface area contributed by atoms with E-state index in [4.69, 9.17) is 0 Å². The lowest BCUT2D eigenvalue weighted by molar-refractivity contribution is 0.353. The van der Waals surface area contributed by atoms with Gasteiger partial charge in [-0.05, 0) is 27.2 Å². The lowest BCUT2D eigenvalue weighted by Crippen LogP contribution is -2.57. The highest BCUT2D eigenvalue weighted by Gasteiger charge is 2.40. The number of hydrogen-bond acceptors (Lipinski definition) is 5. The highest BCUT2D eigenvalue weighted by atomic mass is 32.2. The largest absolute Gasteiger partial charge is 0.357 e. The van der Waals surface area contributed by atoms with Crippen LogP contribution in [0.2, 0.25) is 0 Å². The van der Waals surface area contributed by atoms with Crippen molar-refractivity contribution in [1.29, 1.82) is 0 Å². The zero-order chi connectivity index (χ0) is 17.0. The monoisotopic (exact) mass is 353 g/mol. The maximum atomic E-state index is 12.0. The van der Waals surface area contributed by atoms with Crippen LogP contribution >= 0.6 is 0 Å². The fourth-order valence-electron chi connectivity index (χ4n) is 2.26. The van der Waals surface area contributed by atoms with Crippen LogP contribution in [-0.4, -0.2) is 76.4 Å². The molecule has 1 rings (SSSR count). The van der Waals surface area contributed by atoms with Gasteiger partial charge in [0, 0.05) is 32.4 Å². The second kappa shape index (κ2) is 7.16. The molecule has 0 saturated carbocycles. The summed E-state index contributed by atoms with van der Waals surface area (Å²) in [5, 5.41) is 3.15. The molecule has 0 atom stereocenters. The predicted molar refractivity (Wildman–Crippen MR) is 89.7 cm³/mol. The minimum absolute atomic E-state index is 0.105. The average Bonchev–Trinajstić information content (AvgIpc) is 2.35. The number of nitrogens with one attached hydrogen (secondary N) is 1. The third-order valence-electron chi connectivity index (χ3n) is 3.61. The first-order valence-corrected chi connectivity index (χ1v) is 11.1. The van der Waals surface area contributed by atoms with Crippen LogP contribution in [-0.2, 0) is 19.7 Å². The number of rotatable bonds is 5. The smallest absolute Gasteiger partial charge is 0.193 e. The Kier molecular flexibility index (Phi) is 6.26. The Morgan fingerprint density at radius 2 is 2.00 bits per heavy atom. The van der Waals surface area contributed by atoms with Gasteiger partial charge in [0.15, 0.2) is 15.8 Å². The van der Waals surface area contributed by atoms with Crippen molar-refractivity contribution in [2.24, 2.45) is 4.99 Å². The summed E-state index contributed by atoms with van der Waals surface area (Å²) in [5.41, 5.74) is 0. The van der Waals surface area contributed by atoms with E-state index in [1.807, 2.05) is 11.8 Å². The molecule has 0 aromatic rings. The zero-order valence-corrected chi connectivity index (χ0v) is 15.4. The first-order valence-electron chi connectivity index (χ1n) is 7.42. The molecule has 1 aliphatic rings. The van der Waals surface area contributed by atoms with Gasteiger partial charge in [-0.2, -0.15) is 0 Å². The summed E-state index contributed by atoms with van der Waals surface area (Å²) >= 11 is 0. The van der Waals surface area contributed by atoms with E-state index in [9.17, 15) is 16.8 Å². The van der Waals surface area contributed by atoms with Crippen LogP contribution in [0.25, 0.3) is 0 Å². The average molecular weight is 354 g/mol. The minimum atomic E-state index is -3.09. The van der Waals surface area contributed by atoms with Crippen molar-refractivity contribution in [2.45, 2.75) is 31.9 Å². The third kappa shape index (κ3) is 5.42. The Morgan fingerprint density at radius 1 is 1.36 bits per heavy atom. The van der Waals surface area contributed by atoms with Crippen molar-refractivity contribution in [3.63, 3.8) is 0 Å². The highest BCUT2D eigenvalue weighted by Crippen LogP contribution is 2.23. The normalized spacial score (nSPS) is 21.6. The molecular formula is C13H27N3O4S2. The molecule has 0 amide bonds. The SMILES string of the molecule is CCNC(=NCCCS(C)(=O)=O)N1CCS(=O)(=O)C(C)(C)C1. The molecule has 1 heterocycles. The van der Waals surface area contributed by atoms with E-state index in [-0.39, 0.29) is 11.5 Å². The van der Waals surface area contributed by atoms with Crippen LogP contribution in [0.3, 0.4) is 0 Å². The summed E-state index contributed by atoms with van der Waals surface area (Å²) in [6.07, 6.45) is 1.67. The Morgan fingerprint density at radius 3 is 2.50 bits per heavy atom. The van der Waals surface area contributed by atoms with Gasteiger partial charge in [0.05, 0.1) is 16.3 Å². The Hall–Kier alpha value is -0.830. The van der Waals surface area contributed by atoms with Gasteiger partial charge in [-0.3, -0.25) is 4.99 Å². The first-order chi connectivity index (χ1) is 9.98. The fourth-order valence-corrected chi connectivity index (χ4v) is 4.28. The van der Waals surface area contributed by atoms with E-state index < -0.39 is 24.4 Å². The van der Waals surface area contributed by atoms with Gasteiger partial charge in [-0.15, -0.1) is 0 Å². The Bertz CT molecular complexity index is 609. The standard InChI is InChI=1S/C13H27N3O4S2/c1-5-14-12(15-7-6-9-21(4,17)18)16-8-10-22(19,20)13(2,3)11-16/h5-11H2,1-4H3,(H,14,15). The van der Waals surface area contributed by atoms with Crippen LogP contribution in [0.1, 0.15) is 27.2 Å². The van der Waals surface area contributed by atoms with Crippen LogP contribution in [0.4, 0.5) is 0 Å². The zero-order valence-electron chi connectivity index (χ0n) is 13.8. The van der Waals surface area contributed by atoms with E-state index in [0.717, 1.165) is 0 Å². The van der Waals surface area contributed by atoms with Crippen LogP contribution in [0.5, 0.6) is 0 Å². The minimum Gasteiger partial charge on any atom is -0.357 e. The summed E-state index contributed by atoms with van der Waals surface area (Å²) in [6, 6.07) is 0. The number of nitrogens with zero attached hydrogens (tertiary/aromatic N) is 2. The first kappa shape index (κ1) is 19.2. The predicted octanol–water partition coefficient (Wildman–Crippen LogP) is -0.104. The molecule has 0 aliphatic carbocycles. The molecule has 1 fully saturated rings. The summed E-state index contributed by atoms with van der Waals surface area (Å²) in [6.45, 7) is 7.26. The molecule has 0 spiro atoms. The molecule has 130 valence electrons. The van der Waals surface area contributed by atoms with Gasteiger partial charge >= 0.3 is 0 Å².